The van der Waals surface area contributed by atoms with Crippen LogP contribution in [0, 0.1) is 5.92 Å². The van der Waals surface area contributed by atoms with Crippen LogP contribution >= 0.6 is 0 Å². The minimum absolute atomic E-state index is 0.175. The topological polar surface area (TPSA) is 73.6 Å². The third kappa shape index (κ3) is 6.35. The maximum absolute atomic E-state index is 12.1. The Kier molecular flexibility index (Phi) is 6.68. The fourth-order valence-corrected chi connectivity index (χ4v) is 1.74. The average Bonchev–Trinajstić information content (AvgIpc) is 2.43. The lowest BCUT2D eigenvalue weighted by Crippen LogP contribution is -2.45. The largest absolute Gasteiger partial charge is 0.493 e. The summed E-state index contributed by atoms with van der Waals surface area (Å²) < 4.78 is 11.0. The predicted octanol–water partition coefficient (Wildman–Crippen LogP) is 2.59. The van der Waals surface area contributed by atoms with Gasteiger partial charge in [0.05, 0.1) is 13.7 Å². The lowest BCUT2D eigenvalue weighted by Gasteiger charge is -2.19. The zero-order valence-corrected chi connectivity index (χ0v) is 14.2. The summed E-state index contributed by atoms with van der Waals surface area (Å²) >= 11 is 0. The fraction of sp³-hybridized carbons (Fsp3) is 0.588. The number of carbonyl (C=O) groups is 1. The van der Waals surface area contributed by atoms with E-state index in [9.17, 15) is 4.79 Å². The van der Waals surface area contributed by atoms with E-state index in [1.54, 1.807) is 25.3 Å². The van der Waals surface area contributed by atoms with Crippen molar-refractivity contribution in [2.45, 2.75) is 39.7 Å². The Bertz CT molecular complexity index is 493. The zero-order chi connectivity index (χ0) is 16.8. The summed E-state index contributed by atoms with van der Waals surface area (Å²) in [5, 5.41) is 2.81. The van der Waals surface area contributed by atoms with Crippen molar-refractivity contribution in [1.82, 2.24) is 5.32 Å². The first-order chi connectivity index (χ1) is 10.2. The van der Waals surface area contributed by atoms with Gasteiger partial charge >= 0.3 is 0 Å². The number of amides is 1. The highest BCUT2D eigenvalue weighted by atomic mass is 16.5. The SMILES string of the molecule is COc1cc(C(=O)NCC(C)(C)N)ccc1OCCC(C)C. The molecule has 0 radical (unpaired) electrons. The molecule has 0 bridgehead atoms. The molecule has 0 spiro atoms. The van der Waals surface area contributed by atoms with Crippen molar-refractivity contribution in [3.8, 4) is 11.5 Å². The van der Waals surface area contributed by atoms with Gasteiger partial charge in [0.15, 0.2) is 11.5 Å². The fourth-order valence-electron chi connectivity index (χ4n) is 1.74. The number of hydrogen-bond acceptors (Lipinski definition) is 4. The number of methoxy groups -OCH3 is 1. The number of benzene rings is 1. The first-order valence-corrected chi connectivity index (χ1v) is 7.61. The van der Waals surface area contributed by atoms with E-state index >= 15 is 0 Å². The smallest absolute Gasteiger partial charge is 0.251 e. The quantitative estimate of drug-likeness (QED) is 0.774. The lowest BCUT2D eigenvalue weighted by atomic mass is 10.1. The van der Waals surface area contributed by atoms with Crippen molar-refractivity contribution in [3.63, 3.8) is 0 Å². The second kappa shape index (κ2) is 8.03. The number of hydrogen-bond donors (Lipinski definition) is 2. The van der Waals surface area contributed by atoms with Gasteiger partial charge < -0.3 is 20.5 Å². The highest BCUT2D eigenvalue weighted by Crippen LogP contribution is 2.28. The van der Waals surface area contributed by atoms with Gasteiger partial charge in [-0.3, -0.25) is 4.79 Å². The number of ether oxygens (including phenoxy) is 2. The Morgan fingerprint density at radius 1 is 1.32 bits per heavy atom. The molecule has 1 aromatic rings. The molecule has 124 valence electrons. The first-order valence-electron chi connectivity index (χ1n) is 7.61. The van der Waals surface area contributed by atoms with E-state index < -0.39 is 5.54 Å². The van der Waals surface area contributed by atoms with Crippen LogP contribution in [-0.2, 0) is 0 Å². The Labute approximate surface area is 133 Å². The third-order valence-corrected chi connectivity index (χ3v) is 3.08. The van der Waals surface area contributed by atoms with Crippen LogP contribution < -0.4 is 20.5 Å². The molecule has 3 N–H and O–H groups in total. The van der Waals surface area contributed by atoms with Crippen LogP contribution in [0.1, 0.15) is 44.5 Å². The molecule has 5 nitrogen and oxygen atoms in total. The van der Waals surface area contributed by atoms with Gasteiger partial charge in [-0.05, 0) is 44.4 Å². The van der Waals surface area contributed by atoms with Crippen LogP contribution in [0.4, 0.5) is 0 Å². The van der Waals surface area contributed by atoms with Gasteiger partial charge in [-0.15, -0.1) is 0 Å². The molecule has 0 aliphatic rings. The zero-order valence-electron chi connectivity index (χ0n) is 14.2. The molecule has 0 saturated carbocycles. The van der Waals surface area contributed by atoms with E-state index in [2.05, 4.69) is 19.2 Å². The average molecular weight is 308 g/mol. The highest BCUT2D eigenvalue weighted by Gasteiger charge is 2.15. The molecule has 0 saturated heterocycles. The van der Waals surface area contributed by atoms with E-state index in [-0.39, 0.29) is 5.91 Å². The molecule has 0 atom stereocenters. The van der Waals surface area contributed by atoms with Gasteiger partial charge in [0.1, 0.15) is 0 Å². The molecule has 0 heterocycles. The maximum Gasteiger partial charge on any atom is 0.251 e. The van der Waals surface area contributed by atoms with Crippen LogP contribution in [0.2, 0.25) is 0 Å². The summed E-state index contributed by atoms with van der Waals surface area (Å²) in [7, 11) is 1.56. The summed E-state index contributed by atoms with van der Waals surface area (Å²) in [6, 6.07) is 5.18. The second-order valence-corrected chi connectivity index (χ2v) is 6.57. The monoisotopic (exact) mass is 308 g/mol. The molecule has 1 aromatic carbocycles. The predicted molar refractivity (Wildman–Crippen MR) is 88.5 cm³/mol. The maximum atomic E-state index is 12.1. The Morgan fingerprint density at radius 3 is 2.55 bits per heavy atom. The lowest BCUT2D eigenvalue weighted by molar-refractivity contribution is 0.0945. The summed E-state index contributed by atoms with van der Waals surface area (Å²) in [6.07, 6.45) is 0.969. The van der Waals surface area contributed by atoms with Crippen molar-refractivity contribution >= 4 is 5.91 Å². The van der Waals surface area contributed by atoms with Crippen molar-refractivity contribution in [2.24, 2.45) is 11.7 Å². The molecule has 5 heteroatoms. The van der Waals surface area contributed by atoms with Crippen molar-refractivity contribution < 1.29 is 14.3 Å². The number of carbonyl (C=O) groups excluding carboxylic acids is 1. The molecular formula is C17H28N2O3. The second-order valence-electron chi connectivity index (χ2n) is 6.57. The molecular weight excluding hydrogens is 280 g/mol. The summed E-state index contributed by atoms with van der Waals surface area (Å²) in [4.78, 5) is 12.1. The minimum atomic E-state index is -0.445. The molecule has 22 heavy (non-hydrogen) atoms. The van der Waals surface area contributed by atoms with E-state index in [4.69, 9.17) is 15.2 Å². The van der Waals surface area contributed by atoms with Gasteiger partial charge in [-0.2, -0.15) is 0 Å². The molecule has 0 aromatic heterocycles. The van der Waals surface area contributed by atoms with Crippen molar-refractivity contribution in [3.05, 3.63) is 23.8 Å². The number of nitrogens with one attached hydrogen (secondary N) is 1. The number of rotatable bonds is 8. The van der Waals surface area contributed by atoms with Crippen LogP contribution in [0.25, 0.3) is 0 Å². The Balaban J connectivity index is 2.73. The van der Waals surface area contributed by atoms with Gasteiger partial charge in [0, 0.05) is 17.6 Å². The summed E-state index contributed by atoms with van der Waals surface area (Å²) in [6.45, 7) is 9.04. The Morgan fingerprint density at radius 2 is 2.00 bits per heavy atom. The molecule has 0 aliphatic carbocycles. The van der Waals surface area contributed by atoms with Crippen molar-refractivity contribution in [1.29, 1.82) is 0 Å². The Hall–Kier alpha value is -1.75. The van der Waals surface area contributed by atoms with Crippen LogP contribution in [-0.4, -0.2) is 31.7 Å². The van der Waals surface area contributed by atoms with E-state index in [0.717, 1.165) is 6.42 Å². The standard InChI is InChI=1S/C17H28N2O3/c1-12(2)8-9-22-14-7-6-13(10-15(14)21-5)16(20)19-11-17(3,4)18/h6-7,10,12H,8-9,11,18H2,1-5H3,(H,19,20). The van der Waals surface area contributed by atoms with Gasteiger partial charge in [-0.1, -0.05) is 13.8 Å². The summed E-state index contributed by atoms with van der Waals surface area (Å²) in [5.74, 6) is 1.61. The first kappa shape index (κ1) is 18.3. The van der Waals surface area contributed by atoms with Crippen LogP contribution in [0.15, 0.2) is 18.2 Å². The molecule has 1 amide bonds. The van der Waals surface area contributed by atoms with E-state index in [1.807, 2.05) is 13.8 Å². The molecule has 0 fully saturated rings. The van der Waals surface area contributed by atoms with Gasteiger partial charge in [-0.25, -0.2) is 0 Å². The van der Waals surface area contributed by atoms with Crippen molar-refractivity contribution in [2.75, 3.05) is 20.3 Å². The highest BCUT2D eigenvalue weighted by molar-refractivity contribution is 5.94. The third-order valence-electron chi connectivity index (χ3n) is 3.08. The molecule has 0 unspecified atom stereocenters. The summed E-state index contributed by atoms with van der Waals surface area (Å²) in [5.41, 5.74) is 5.94. The minimum Gasteiger partial charge on any atom is -0.493 e. The van der Waals surface area contributed by atoms with Gasteiger partial charge in [0.25, 0.3) is 5.91 Å². The van der Waals surface area contributed by atoms with E-state index in [1.165, 1.54) is 0 Å². The van der Waals surface area contributed by atoms with Gasteiger partial charge in [0.2, 0.25) is 0 Å². The molecule has 0 aliphatic heterocycles. The number of nitrogens with two attached hydrogens (primary N) is 1. The van der Waals surface area contributed by atoms with Crippen LogP contribution in [0.5, 0.6) is 11.5 Å². The molecule has 1 rings (SSSR count). The van der Waals surface area contributed by atoms with Crippen LogP contribution in [0.3, 0.4) is 0 Å². The van der Waals surface area contributed by atoms with E-state index in [0.29, 0.717) is 36.1 Å². The normalized spacial score (nSPS) is 11.4.